The minimum absolute atomic E-state index is 0.0759. The summed E-state index contributed by atoms with van der Waals surface area (Å²) in [5.41, 5.74) is 1.96. The molecule has 4 aromatic rings. The number of nitrogens with zero attached hydrogens (tertiary/aromatic N) is 4. The number of aromatic nitrogens is 4. The Bertz CT molecular complexity index is 1150. The van der Waals surface area contributed by atoms with Crippen molar-refractivity contribution in [2.24, 2.45) is 0 Å². The molecule has 0 aliphatic heterocycles. The fourth-order valence-electron chi connectivity index (χ4n) is 3.05. The Morgan fingerprint density at radius 3 is 2.62 bits per heavy atom. The van der Waals surface area contributed by atoms with E-state index in [0.717, 1.165) is 10.7 Å². The molecule has 4 rings (SSSR count). The van der Waals surface area contributed by atoms with Crippen molar-refractivity contribution in [1.82, 2.24) is 19.2 Å². The summed E-state index contributed by atoms with van der Waals surface area (Å²) < 4.78 is 3.57. The lowest BCUT2D eigenvalue weighted by Crippen LogP contribution is -2.22. The molecule has 130 valence electrons. The van der Waals surface area contributed by atoms with Crippen LogP contribution in [0.3, 0.4) is 0 Å². The normalized spacial score (nSPS) is 12.5. The molecule has 1 unspecified atom stereocenters. The molecule has 2 heterocycles. The highest BCUT2D eigenvalue weighted by molar-refractivity contribution is 7.99. The van der Waals surface area contributed by atoms with Crippen LogP contribution in [0.1, 0.15) is 17.7 Å². The zero-order valence-corrected chi connectivity index (χ0v) is 15.2. The fourth-order valence-corrected chi connectivity index (χ4v) is 4.04. The van der Waals surface area contributed by atoms with Crippen molar-refractivity contribution in [3.63, 3.8) is 0 Å². The van der Waals surface area contributed by atoms with Crippen LogP contribution in [-0.4, -0.2) is 19.2 Å². The first-order valence-corrected chi connectivity index (χ1v) is 9.28. The molecule has 5 nitrogen and oxygen atoms in total. The maximum Gasteiger partial charge on any atom is 0.263 e. The molecule has 0 radical (unpaired) electrons. The van der Waals surface area contributed by atoms with Crippen molar-refractivity contribution in [3.05, 3.63) is 83.2 Å². The number of para-hydroxylation sites is 1. The van der Waals surface area contributed by atoms with Crippen LogP contribution >= 0.6 is 11.8 Å². The highest BCUT2D eigenvalue weighted by atomic mass is 32.2. The Hall–Kier alpha value is -2.86. The molecule has 2 aromatic carbocycles. The van der Waals surface area contributed by atoms with Gasteiger partial charge in [-0.3, -0.25) is 13.8 Å². The summed E-state index contributed by atoms with van der Waals surface area (Å²) in [6, 6.07) is 17.9. The van der Waals surface area contributed by atoms with E-state index in [2.05, 4.69) is 35.8 Å². The number of benzene rings is 2. The predicted molar refractivity (Wildman–Crippen MR) is 106 cm³/mol. The van der Waals surface area contributed by atoms with E-state index in [4.69, 9.17) is 0 Å². The van der Waals surface area contributed by atoms with Crippen LogP contribution in [0.5, 0.6) is 0 Å². The molecule has 0 aliphatic carbocycles. The number of hydrogen-bond acceptors (Lipinski definition) is 4. The average molecular weight is 362 g/mol. The van der Waals surface area contributed by atoms with Crippen LogP contribution in [0.25, 0.3) is 16.7 Å². The van der Waals surface area contributed by atoms with Crippen LogP contribution in [0, 0.1) is 0 Å². The number of rotatable bonds is 5. The Morgan fingerprint density at radius 1 is 1.12 bits per heavy atom. The van der Waals surface area contributed by atoms with E-state index >= 15 is 0 Å². The lowest BCUT2D eigenvalue weighted by Gasteiger charge is -2.12. The Kier molecular flexibility index (Phi) is 4.34. The molecule has 6 heteroatoms. The molecule has 1 atom stereocenters. The van der Waals surface area contributed by atoms with Gasteiger partial charge >= 0.3 is 0 Å². The van der Waals surface area contributed by atoms with Gasteiger partial charge in [-0.15, -0.1) is 16.8 Å². The largest absolute Gasteiger partial charge is 0.272 e. The molecular formula is C20H18N4OS. The lowest BCUT2D eigenvalue weighted by molar-refractivity contribution is 0.783. The highest BCUT2D eigenvalue weighted by Gasteiger charge is 2.18. The summed E-state index contributed by atoms with van der Waals surface area (Å²) in [6.07, 6.45) is 1.70. The zero-order chi connectivity index (χ0) is 18.1. The van der Waals surface area contributed by atoms with Crippen molar-refractivity contribution < 1.29 is 0 Å². The third-order valence-electron chi connectivity index (χ3n) is 4.34. The van der Waals surface area contributed by atoms with E-state index in [1.807, 2.05) is 46.9 Å². The number of hydrogen-bond donors (Lipinski definition) is 0. The van der Waals surface area contributed by atoms with Crippen LogP contribution in [0.4, 0.5) is 0 Å². The summed E-state index contributed by atoms with van der Waals surface area (Å²) in [4.78, 5) is 12.8. The molecule has 26 heavy (non-hydrogen) atoms. The van der Waals surface area contributed by atoms with Gasteiger partial charge in [0.25, 0.3) is 5.56 Å². The van der Waals surface area contributed by atoms with E-state index in [0.29, 0.717) is 17.7 Å². The highest BCUT2D eigenvalue weighted by Crippen LogP contribution is 2.34. The molecule has 0 fully saturated rings. The van der Waals surface area contributed by atoms with Gasteiger partial charge in [-0.25, -0.2) is 0 Å². The van der Waals surface area contributed by atoms with E-state index in [1.54, 1.807) is 22.4 Å². The third-order valence-corrected chi connectivity index (χ3v) is 5.44. The predicted octanol–water partition coefficient (Wildman–Crippen LogP) is 4.08. The second kappa shape index (κ2) is 6.80. The molecule has 0 saturated carbocycles. The second-order valence-corrected chi connectivity index (χ2v) is 7.32. The lowest BCUT2D eigenvalue weighted by atomic mass is 10.2. The van der Waals surface area contributed by atoms with Gasteiger partial charge in [0.15, 0.2) is 5.16 Å². The van der Waals surface area contributed by atoms with Gasteiger partial charge in [0.05, 0.1) is 10.9 Å². The summed E-state index contributed by atoms with van der Waals surface area (Å²) in [5.74, 6) is 0.538. The SMILES string of the molecule is C=CCn1c(=O)c2ccccc2n2c(SC(C)c3ccccc3)nnc12. The summed E-state index contributed by atoms with van der Waals surface area (Å²) in [6.45, 7) is 6.29. The standard InChI is InChI=1S/C20H18N4OS/c1-3-13-23-18(25)16-11-7-8-12-17(16)24-19(23)21-22-20(24)26-14(2)15-9-5-4-6-10-15/h3-12,14H,1,13H2,2H3. The Balaban J connectivity index is 1.92. The smallest absolute Gasteiger partial charge is 0.263 e. The molecule has 0 amide bonds. The summed E-state index contributed by atoms with van der Waals surface area (Å²) >= 11 is 1.63. The van der Waals surface area contributed by atoms with E-state index < -0.39 is 0 Å². The van der Waals surface area contributed by atoms with Crippen LogP contribution in [0.15, 0.2) is 77.2 Å². The van der Waals surface area contributed by atoms with Crippen LogP contribution in [0.2, 0.25) is 0 Å². The minimum atomic E-state index is -0.0759. The van der Waals surface area contributed by atoms with Gasteiger partial charge in [-0.2, -0.15) is 0 Å². The first kappa shape index (κ1) is 16.6. The molecule has 2 aromatic heterocycles. The quantitative estimate of drug-likeness (QED) is 0.396. The van der Waals surface area contributed by atoms with Crippen molar-refractivity contribution in [2.45, 2.75) is 23.9 Å². The number of fused-ring (bicyclic) bond motifs is 3. The number of allylic oxidation sites excluding steroid dienone is 1. The third kappa shape index (κ3) is 2.72. The zero-order valence-electron chi connectivity index (χ0n) is 14.4. The maximum atomic E-state index is 12.8. The summed E-state index contributed by atoms with van der Waals surface area (Å²) in [5, 5.41) is 10.3. The Labute approximate surface area is 155 Å². The van der Waals surface area contributed by atoms with Crippen LogP contribution in [-0.2, 0) is 6.54 Å². The van der Waals surface area contributed by atoms with Gasteiger partial charge < -0.3 is 0 Å². The second-order valence-electron chi connectivity index (χ2n) is 6.01. The summed E-state index contributed by atoms with van der Waals surface area (Å²) in [7, 11) is 0. The molecule has 0 N–H and O–H groups in total. The van der Waals surface area contributed by atoms with Gasteiger partial charge in [0.1, 0.15) is 0 Å². The van der Waals surface area contributed by atoms with Gasteiger partial charge in [-0.1, -0.05) is 60.3 Å². The monoisotopic (exact) mass is 362 g/mol. The van der Waals surface area contributed by atoms with E-state index in [-0.39, 0.29) is 10.8 Å². The first-order valence-electron chi connectivity index (χ1n) is 8.40. The van der Waals surface area contributed by atoms with Gasteiger partial charge in [0, 0.05) is 11.8 Å². The van der Waals surface area contributed by atoms with Crippen molar-refractivity contribution >= 4 is 28.4 Å². The average Bonchev–Trinajstić information content (AvgIpc) is 3.09. The van der Waals surface area contributed by atoms with Crippen molar-refractivity contribution in [2.75, 3.05) is 0 Å². The Morgan fingerprint density at radius 2 is 1.85 bits per heavy atom. The first-order chi connectivity index (χ1) is 12.7. The van der Waals surface area contributed by atoms with Gasteiger partial charge in [-0.05, 0) is 24.6 Å². The topological polar surface area (TPSA) is 52.2 Å². The molecule has 0 aliphatic rings. The van der Waals surface area contributed by atoms with Gasteiger partial charge in [0.2, 0.25) is 5.78 Å². The van der Waals surface area contributed by atoms with E-state index in [9.17, 15) is 4.79 Å². The maximum absolute atomic E-state index is 12.8. The van der Waals surface area contributed by atoms with E-state index in [1.165, 1.54) is 5.56 Å². The fraction of sp³-hybridized carbons (Fsp3) is 0.150. The minimum Gasteiger partial charge on any atom is -0.272 e. The molecule has 0 spiro atoms. The number of thioether (sulfide) groups is 1. The molecule has 0 saturated heterocycles. The molecule has 0 bridgehead atoms. The van der Waals surface area contributed by atoms with Crippen molar-refractivity contribution in [1.29, 1.82) is 0 Å². The molecular weight excluding hydrogens is 344 g/mol. The van der Waals surface area contributed by atoms with Crippen LogP contribution < -0.4 is 5.56 Å². The van der Waals surface area contributed by atoms with Crippen molar-refractivity contribution in [3.8, 4) is 0 Å².